The molecule has 1 fully saturated rings. The standard InChI is InChI=1S/C12H24O2/c1-3-5-6-7-9-13-11(8-4-2)12-10-14-12/h11-12H,3-10H2,1-2H3. The second kappa shape index (κ2) is 7.24. The van der Waals surface area contributed by atoms with Crippen molar-refractivity contribution in [2.24, 2.45) is 0 Å². The lowest BCUT2D eigenvalue weighted by Gasteiger charge is -2.14. The Morgan fingerprint density at radius 1 is 1.21 bits per heavy atom. The van der Waals surface area contributed by atoms with Gasteiger partial charge < -0.3 is 9.47 Å². The molecule has 0 spiro atoms. The van der Waals surface area contributed by atoms with Gasteiger partial charge in [0.15, 0.2) is 0 Å². The van der Waals surface area contributed by atoms with Crippen molar-refractivity contribution in [3.63, 3.8) is 0 Å². The van der Waals surface area contributed by atoms with Crippen LogP contribution in [0.4, 0.5) is 0 Å². The number of epoxide rings is 1. The van der Waals surface area contributed by atoms with E-state index in [0.29, 0.717) is 12.2 Å². The summed E-state index contributed by atoms with van der Waals surface area (Å²) in [5, 5.41) is 0. The minimum absolute atomic E-state index is 0.377. The summed E-state index contributed by atoms with van der Waals surface area (Å²) in [6.45, 7) is 6.28. The topological polar surface area (TPSA) is 21.8 Å². The van der Waals surface area contributed by atoms with Gasteiger partial charge in [-0.1, -0.05) is 39.5 Å². The Balaban J connectivity index is 1.96. The van der Waals surface area contributed by atoms with E-state index in [1.165, 1.54) is 32.1 Å². The molecule has 2 unspecified atom stereocenters. The van der Waals surface area contributed by atoms with Crippen molar-refractivity contribution >= 4 is 0 Å². The van der Waals surface area contributed by atoms with Crippen LogP contribution in [0.2, 0.25) is 0 Å². The minimum Gasteiger partial charge on any atom is -0.375 e. The van der Waals surface area contributed by atoms with E-state index in [0.717, 1.165) is 19.6 Å². The Kier molecular flexibility index (Phi) is 6.20. The van der Waals surface area contributed by atoms with Gasteiger partial charge in [0.1, 0.15) is 6.10 Å². The fourth-order valence-electron chi connectivity index (χ4n) is 1.69. The quantitative estimate of drug-likeness (QED) is 0.421. The summed E-state index contributed by atoms with van der Waals surface area (Å²) in [5.74, 6) is 0. The third kappa shape index (κ3) is 4.97. The van der Waals surface area contributed by atoms with Gasteiger partial charge in [0.05, 0.1) is 12.7 Å². The van der Waals surface area contributed by atoms with Crippen molar-refractivity contribution in [3.8, 4) is 0 Å². The fraction of sp³-hybridized carbons (Fsp3) is 1.00. The molecule has 1 heterocycles. The number of hydrogen-bond acceptors (Lipinski definition) is 2. The van der Waals surface area contributed by atoms with E-state index in [2.05, 4.69) is 13.8 Å². The van der Waals surface area contributed by atoms with Crippen LogP contribution in [0.15, 0.2) is 0 Å². The van der Waals surface area contributed by atoms with Crippen molar-refractivity contribution in [2.45, 2.75) is 64.6 Å². The smallest absolute Gasteiger partial charge is 0.107 e. The zero-order valence-electron chi connectivity index (χ0n) is 9.63. The van der Waals surface area contributed by atoms with Gasteiger partial charge in [-0.2, -0.15) is 0 Å². The predicted molar refractivity (Wildman–Crippen MR) is 58.5 cm³/mol. The fourth-order valence-corrected chi connectivity index (χ4v) is 1.69. The van der Waals surface area contributed by atoms with Gasteiger partial charge in [0, 0.05) is 6.61 Å². The third-order valence-corrected chi connectivity index (χ3v) is 2.68. The zero-order chi connectivity index (χ0) is 10.2. The number of unbranched alkanes of at least 4 members (excludes halogenated alkanes) is 3. The molecule has 0 aromatic carbocycles. The summed E-state index contributed by atoms with van der Waals surface area (Å²) < 4.78 is 11.1. The maximum absolute atomic E-state index is 5.83. The largest absolute Gasteiger partial charge is 0.375 e. The lowest BCUT2D eigenvalue weighted by molar-refractivity contribution is 0.0253. The van der Waals surface area contributed by atoms with Crippen LogP contribution in [0.5, 0.6) is 0 Å². The van der Waals surface area contributed by atoms with Gasteiger partial charge in [-0.3, -0.25) is 0 Å². The van der Waals surface area contributed by atoms with E-state index in [1.54, 1.807) is 0 Å². The zero-order valence-corrected chi connectivity index (χ0v) is 9.63. The van der Waals surface area contributed by atoms with E-state index in [9.17, 15) is 0 Å². The van der Waals surface area contributed by atoms with Gasteiger partial charge in [-0.25, -0.2) is 0 Å². The van der Waals surface area contributed by atoms with Crippen molar-refractivity contribution in [3.05, 3.63) is 0 Å². The third-order valence-electron chi connectivity index (χ3n) is 2.68. The molecular weight excluding hydrogens is 176 g/mol. The Labute approximate surface area is 88.0 Å². The molecule has 0 aromatic heterocycles. The second-order valence-electron chi connectivity index (χ2n) is 4.13. The maximum Gasteiger partial charge on any atom is 0.107 e. The van der Waals surface area contributed by atoms with Crippen molar-refractivity contribution in [2.75, 3.05) is 13.2 Å². The second-order valence-corrected chi connectivity index (χ2v) is 4.13. The Hall–Kier alpha value is -0.0800. The normalized spacial score (nSPS) is 22.3. The summed E-state index contributed by atoms with van der Waals surface area (Å²) in [4.78, 5) is 0. The SMILES string of the molecule is CCCCCCOC(CCC)C1CO1. The van der Waals surface area contributed by atoms with Crippen LogP contribution >= 0.6 is 0 Å². The summed E-state index contributed by atoms with van der Waals surface area (Å²) in [6, 6.07) is 0. The molecule has 0 N–H and O–H groups in total. The molecule has 1 aliphatic rings. The molecule has 2 atom stereocenters. The maximum atomic E-state index is 5.83. The van der Waals surface area contributed by atoms with E-state index in [-0.39, 0.29) is 0 Å². The highest BCUT2D eigenvalue weighted by molar-refractivity contribution is 4.79. The highest BCUT2D eigenvalue weighted by Gasteiger charge is 2.32. The van der Waals surface area contributed by atoms with Gasteiger partial charge >= 0.3 is 0 Å². The van der Waals surface area contributed by atoms with Gasteiger partial charge in [0.2, 0.25) is 0 Å². The first kappa shape index (κ1) is 12.0. The van der Waals surface area contributed by atoms with Crippen LogP contribution in [0, 0.1) is 0 Å². The molecule has 1 rings (SSSR count). The molecule has 1 saturated heterocycles. The molecule has 0 saturated carbocycles. The van der Waals surface area contributed by atoms with Crippen LogP contribution in [-0.4, -0.2) is 25.4 Å². The van der Waals surface area contributed by atoms with Crippen molar-refractivity contribution < 1.29 is 9.47 Å². The minimum atomic E-state index is 0.377. The first-order valence-electron chi connectivity index (χ1n) is 6.11. The molecule has 0 aromatic rings. The van der Waals surface area contributed by atoms with Crippen LogP contribution in [0.25, 0.3) is 0 Å². The highest BCUT2D eigenvalue weighted by Crippen LogP contribution is 2.21. The number of hydrogen-bond donors (Lipinski definition) is 0. The van der Waals surface area contributed by atoms with Crippen LogP contribution in [-0.2, 0) is 9.47 Å². The first-order valence-corrected chi connectivity index (χ1v) is 6.11. The molecule has 0 aliphatic carbocycles. The van der Waals surface area contributed by atoms with E-state index >= 15 is 0 Å². The average Bonchev–Trinajstić information content (AvgIpc) is 2.99. The Bertz CT molecular complexity index is 132. The summed E-state index contributed by atoms with van der Waals surface area (Å²) >= 11 is 0. The van der Waals surface area contributed by atoms with Gasteiger partial charge in [-0.15, -0.1) is 0 Å². The Morgan fingerprint density at radius 3 is 2.57 bits per heavy atom. The molecule has 0 radical (unpaired) electrons. The molecule has 2 nitrogen and oxygen atoms in total. The van der Waals surface area contributed by atoms with E-state index in [1.807, 2.05) is 0 Å². The Morgan fingerprint density at radius 2 is 2.00 bits per heavy atom. The lowest BCUT2D eigenvalue weighted by Crippen LogP contribution is -2.20. The van der Waals surface area contributed by atoms with Crippen LogP contribution in [0.1, 0.15) is 52.4 Å². The van der Waals surface area contributed by atoms with Crippen LogP contribution < -0.4 is 0 Å². The molecule has 0 bridgehead atoms. The first-order chi connectivity index (χ1) is 6.88. The summed E-state index contributed by atoms with van der Waals surface area (Å²) in [7, 11) is 0. The van der Waals surface area contributed by atoms with Crippen molar-refractivity contribution in [1.29, 1.82) is 0 Å². The summed E-state index contributed by atoms with van der Waals surface area (Å²) in [5.41, 5.74) is 0. The average molecular weight is 200 g/mol. The van der Waals surface area contributed by atoms with Crippen molar-refractivity contribution in [1.82, 2.24) is 0 Å². The molecule has 0 amide bonds. The van der Waals surface area contributed by atoms with Gasteiger partial charge in [-0.05, 0) is 12.8 Å². The van der Waals surface area contributed by atoms with E-state index < -0.39 is 0 Å². The van der Waals surface area contributed by atoms with E-state index in [4.69, 9.17) is 9.47 Å². The molecule has 14 heavy (non-hydrogen) atoms. The molecule has 84 valence electrons. The highest BCUT2D eigenvalue weighted by atomic mass is 16.6. The number of rotatable bonds is 9. The lowest BCUT2D eigenvalue weighted by atomic mass is 10.1. The number of ether oxygens (including phenoxy) is 2. The molecule has 2 heteroatoms. The van der Waals surface area contributed by atoms with Crippen LogP contribution in [0.3, 0.4) is 0 Å². The predicted octanol–water partition coefficient (Wildman–Crippen LogP) is 3.15. The monoisotopic (exact) mass is 200 g/mol. The molecule has 1 aliphatic heterocycles. The van der Waals surface area contributed by atoms with Gasteiger partial charge in [0.25, 0.3) is 0 Å². The molecular formula is C12H24O2. The summed E-state index contributed by atoms with van der Waals surface area (Å²) in [6.07, 6.45) is 8.29.